The monoisotopic (exact) mass is 255 g/mol. The van der Waals surface area contributed by atoms with Gasteiger partial charge in [0.1, 0.15) is 16.9 Å². The van der Waals surface area contributed by atoms with Crippen LogP contribution < -0.4 is 0 Å². The van der Waals surface area contributed by atoms with E-state index in [9.17, 15) is 0 Å². The topological polar surface area (TPSA) is 59.4 Å². The van der Waals surface area contributed by atoms with E-state index in [0.29, 0.717) is 6.04 Å². The molecule has 0 spiro atoms. The second-order valence-electron chi connectivity index (χ2n) is 5.41. The molecule has 1 aliphatic rings. The van der Waals surface area contributed by atoms with Crippen LogP contribution in [-0.4, -0.2) is 24.5 Å². The quantitative estimate of drug-likeness (QED) is 0.726. The van der Waals surface area contributed by atoms with Crippen molar-refractivity contribution in [2.45, 2.75) is 45.1 Å². The Hall–Kier alpha value is -1.91. The van der Waals surface area contributed by atoms with Crippen LogP contribution in [0.15, 0.2) is 12.5 Å². The van der Waals surface area contributed by atoms with Crippen molar-refractivity contribution >= 4 is 22.2 Å². The van der Waals surface area contributed by atoms with E-state index in [1.165, 1.54) is 32.1 Å². The molecule has 0 aromatic carbocycles. The molecule has 98 valence electrons. The van der Waals surface area contributed by atoms with Crippen LogP contribution in [0.1, 0.15) is 44.0 Å². The Bertz CT molecular complexity index is 733. The van der Waals surface area contributed by atoms with E-state index in [-0.39, 0.29) is 0 Å². The van der Waals surface area contributed by atoms with Crippen LogP contribution >= 0.6 is 0 Å². The molecule has 1 saturated carbocycles. The van der Waals surface area contributed by atoms with Crippen molar-refractivity contribution in [2.24, 2.45) is 0 Å². The molecule has 1 fully saturated rings. The standard InChI is InChI=1S/C14H17N5/c1-9-18-11-7-15-14-12(16-8-17-14)13(11)19(9)10-5-3-2-4-6-10/h7-8,10H,2-6H2,1H3,(H,15,16,17). The van der Waals surface area contributed by atoms with E-state index in [0.717, 1.165) is 28.0 Å². The van der Waals surface area contributed by atoms with Crippen molar-refractivity contribution in [3.63, 3.8) is 0 Å². The van der Waals surface area contributed by atoms with Crippen LogP contribution in [0.4, 0.5) is 0 Å². The number of aryl methyl sites for hydroxylation is 1. The van der Waals surface area contributed by atoms with Gasteiger partial charge >= 0.3 is 0 Å². The first kappa shape index (κ1) is 11.0. The lowest BCUT2D eigenvalue weighted by molar-refractivity contribution is 0.355. The number of nitrogens with one attached hydrogen (secondary N) is 1. The lowest BCUT2D eigenvalue weighted by atomic mass is 9.95. The fourth-order valence-electron chi connectivity index (χ4n) is 3.36. The second-order valence-corrected chi connectivity index (χ2v) is 5.41. The zero-order valence-electron chi connectivity index (χ0n) is 11.1. The van der Waals surface area contributed by atoms with Gasteiger partial charge in [0.15, 0.2) is 5.65 Å². The maximum Gasteiger partial charge on any atom is 0.159 e. The summed E-state index contributed by atoms with van der Waals surface area (Å²) in [6, 6.07) is 0.570. The van der Waals surface area contributed by atoms with Crippen LogP contribution in [0, 0.1) is 6.92 Å². The normalized spacial score (nSPS) is 17.5. The van der Waals surface area contributed by atoms with Crippen molar-refractivity contribution in [1.29, 1.82) is 0 Å². The molecule has 5 nitrogen and oxygen atoms in total. The maximum atomic E-state index is 4.66. The molecule has 3 aromatic rings. The summed E-state index contributed by atoms with van der Waals surface area (Å²) < 4.78 is 2.39. The van der Waals surface area contributed by atoms with Gasteiger partial charge in [0.2, 0.25) is 0 Å². The predicted octanol–water partition coefficient (Wildman–Crippen LogP) is 3.12. The summed E-state index contributed by atoms with van der Waals surface area (Å²) in [5.74, 6) is 1.08. The predicted molar refractivity (Wildman–Crippen MR) is 74.0 cm³/mol. The largest absolute Gasteiger partial charge is 0.329 e. The van der Waals surface area contributed by atoms with E-state index in [4.69, 9.17) is 0 Å². The number of aromatic nitrogens is 5. The molecule has 0 unspecified atom stereocenters. The number of aromatic amines is 1. The van der Waals surface area contributed by atoms with Gasteiger partial charge in [0.25, 0.3) is 0 Å². The maximum absolute atomic E-state index is 4.66. The van der Waals surface area contributed by atoms with Gasteiger partial charge in [-0.1, -0.05) is 19.3 Å². The Kier molecular flexibility index (Phi) is 2.33. The fraction of sp³-hybridized carbons (Fsp3) is 0.500. The molecule has 0 radical (unpaired) electrons. The van der Waals surface area contributed by atoms with Gasteiger partial charge < -0.3 is 9.55 Å². The summed E-state index contributed by atoms with van der Waals surface area (Å²) in [6.07, 6.45) is 10.1. The number of rotatable bonds is 1. The lowest BCUT2D eigenvalue weighted by Crippen LogP contribution is -2.14. The third-order valence-corrected chi connectivity index (χ3v) is 4.21. The molecule has 0 atom stereocenters. The molecule has 3 aromatic heterocycles. The second kappa shape index (κ2) is 4.05. The molecule has 0 saturated heterocycles. The number of H-pyrrole nitrogens is 1. The Morgan fingerprint density at radius 1 is 1.21 bits per heavy atom. The Balaban J connectivity index is 2.01. The molecule has 1 aliphatic carbocycles. The molecule has 0 bridgehead atoms. The van der Waals surface area contributed by atoms with Crippen molar-refractivity contribution in [2.75, 3.05) is 0 Å². The minimum atomic E-state index is 0.570. The van der Waals surface area contributed by atoms with E-state index in [2.05, 4.69) is 31.4 Å². The van der Waals surface area contributed by atoms with E-state index < -0.39 is 0 Å². The highest BCUT2D eigenvalue weighted by Gasteiger charge is 2.21. The Morgan fingerprint density at radius 2 is 2.05 bits per heavy atom. The van der Waals surface area contributed by atoms with Gasteiger partial charge in [-0.05, 0) is 19.8 Å². The minimum Gasteiger partial charge on any atom is -0.329 e. The molecule has 0 amide bonds. The van der Waals surface area contributed by atoms with Crippen LogP contribution in [0.3, 0.4) is 0 Å². The summed E-state index contributed by atoms with van der Waals surface area (Å²) in [7, 11) is 0. The van der Waals surface area contributed by atoms with Gasteiger partial charge in [0.05, 0.1) is 18.0 Å². The first-order chi connectivity index (χ1) is 9.34. The van der Waals surface area contributed by atoms with E-state index in [1.54, 1.807) is 6.33 Å². The average molecular weight is 255 g/mol. The van der Waals surface area contributed by atoms with Crippen LogP contribution in [0.25, 0.3) is 22.2 Å². The van der Waals surface area contributed by atoms with Gasteiger partial charge in [-0.2, -0.15) is 0 Å². The van der Waals surface area contributed by atoms with Gasteiger partial charge in [-0.3, -0.25) is 0 Å². The Labute approximate surface area is 111 Å². The van der Waals surface area contributed by atoms with E-state index >= 15 is 0 Å². The number of hydrogen-bond donors (Lipinski definition) is 1. The molecule has 5 heteroatoms. The molecular formula is C14H17N5. The molecule has 19 heavy (non-hydrogen) atoms. The Morgan fingerprint density at radius 3 is 2.89 bits per heavy atom. The fourth-order valence-corrected chi connectivity index (χ4v) is 3.36. The highest BCUT2D eigenvalue weighted by molar-refractivity contribution is 5.98. The van der Waals surface area contributed by atoms with Gasteiger partial charge in [-0.25, -0.2) is 15.0 Å². The third-order valence-electron chi connectivity index (χ3n) is 4.21. The van der Waals surface area contributed by atoms with Gasteiger partial charge in [-0.15, -0.1) is 0 Å². The van der Waals surface area contributed by atoms with Crippen molar-refractivity contribution < 1.29 is 0 Å². The third kappa shape index (κ3) is 1.57. The number of imidazole rings is 2. The lowest BCUT2D eigenvalue weighted by Gasteiger charge is -2.24. The van der Waals surface area contributed by atoms with Crippen LogP contribution in [0.2, 0.25) is 0 Å². The summed E-state index contributed by atoms with van der Waals surface area (Å²) in [6.45, 7) is 2.09. The first-order valence-corrected chi connectivity index (χ1v) is 7.01. The molecule has 4 rings (SSSR count). The summed E-state index contributed by atoms with van der Waals surface area (Å²) in [4.78, 5) is 16.6. The molecule has 1 N–H and O–H groups in total. The minimum absolute atomic E-state index is 0.570. The number of nitrogens with zero attached hydrogens (tertiary/aromatic N) is 4. The van der Waals surface area contributed by atoms with Crippen molar-refractivity contribution in [1.82, 2.24) is 24.5 Å². The smallest absolute Gasteiger partial charge is 0.159 e. The molecule has 0 aliphatic heterocycles. The van der Waals surface area contributed by atoms with Crippen molar-refractivity contribution in [3.8, 4) is 0 Å². The number of hydrogen-bond acceptors (Lipinski definition) is 3. The average Bonchev–Trinajstić information content (AvgIpc) is 3.02. The summed E-state index contributed by atoms with van der Waals surface area (Å²) in [5.41, 5.74) is 3.91. The van der Waals surface area contributed by atoms with Crippen molar-refractivity contribution in [3.05, 3.63) is 18.3 Å². The highest BCUT2D eigenvalue weighted by Crippen LogP contribution is 2.33. The number of fused-ring (bicyclic) bond motifs is 3. The molecule has 3 heterocycles. The number of pyridine rings is 1. The first-order valence-electron chi connectivity index (χ1n) is 7.01. The van der Waals surface area contributed by atoms with Gasteiger partial charge in [0, 0.05) is 6.04 Å². The van der Waals surface area contributed by atoms with E-state index in [1.807, 2.05) is 6.20 Å². The van der Waals surface area contributed by atoms with Crippen LogP contribution in [0.5, 0.6) is 0 Å². The summed E-state index contributed by atoms with van der Waals surface area (Å²) in [5, 5.41) is 0. The zero-order valence-corrected chi connectivity index (χ0v) is 11.1. The SMILES string of the molecule is Cc1nc2cnc3[nH]cnc3c2n1C1CCCCC1. The highest BCUT2D eigenvalue weighted by atomic mass is 15.1. The summed E-state index contributed by atoms with van der Waals surface area (Å²) >= 11 is 0. The zero-order chi connectivity index (χ0) is 12.8. The molecular weight excluding hydrogens is 238 g/mol. The van der Waals surface area contributed by atoms with Crippen LogP contribution in [-0.2, 0) is 0 Å².